The molecule has 1 fully saturated rings. The predicted molar refractivity (Wildman–Crippen MR) is 114 cm³/mol. The molecule has 3 heterocycles. The smallest absolute Gasteiger partial charge is 0.304 e. The maximum absolute atomic E-state index is 11.5. The summed E-state index contributed by atoms with van der Waals surface area (Å²) in [7, 11) is 3.83. The van der Waals surface area contributed by atoms with Crippen LogP contribution < -0.4 is 20.3 Å². The highest BCUT2D eigenvalue weighted by atomic mass is 16.5. The Balaban J connectivity index is 1.68. The Labute approximate surface area is 169 Å². The Morgan fingerprint density at radius 3 is 2.69 bits per heavy atom. The van der Waals surface area contributed by atoms with Gasteiger partial charge in [-0.3, -0.25) is 9.69 Å². The highest BCUT2D eigenvalue weighted by Gasteiger charge is 2.30. The van der Waals surface area contributed by atoms with E-state index in [4.69, 9.17) is 9.72 Å². The lowest BCUT2D eigenvalue weighted by molar-refractivity contribution is -0.114. The van der Waals surface area contributed by atoms with Crippen LogP contribution in [-0.4, -0.2) is 59.6 Å². The van der Waals surface area contributed by atoms with Gasteiger partial charge in [0.2, 0.25) is 11.9 Å². The van der Waals surface area contributed by atoms with Crippen molar-refractivity contribution in [3.05, 3.63) is 36.5 Å². The number of hydrogen-bond donors (Lipinski definition) is 2. The molecule has 2 aromatic rings. The molecule has 1 aromatic heterocycles. The number of nitrogens with zero attached hydrogens (tertiary/aromatic N) is 5. The van der Waals surface area contributed by atoms with Gasteiger partial charge in [0.25, 0.3) is 0 Å². The molecule has 29 heavy (non-hydrogen) atoms. The SMILES string of the molecule is C=C1c2c(nc(N3CCNCC3)n2C)N=C(Oc2ccccc2NC(C)=O)N1C. The van der Waals surface area contributed by atoms with Crippen LogP contribution in [0.3, 0.4) is 0 Å². The Morgan fingerprint density at radius 1 is 1.24 bits per heavy atom. The van der Waals surface area contributed by atoms with Crippen molar-refractivity contribution in [3.63, 3.8) is 0 Å². The zero-order valence-corrected chi connectivity index (χ0v) is 16.9. The molecule has 0 spiro atoms. The van der Waals surface area contributed by atoms with Crippen molar-refractivity contribution in [3.8, 4) is 5.75 Å². The summed E-state index contributed by atoms with van der Waals surface area (Å²) in [5, 5.41) is 6.12. The number of amides is 1. The molecule has 1 saturated heterocycles. The third-order valence-electron chi connectivity index (χ3n) is 5.02. The average Bonchev–Trinajstić information content (AvgIpc) is 3.04. The van der Waals surface area contributed by atoms with Crippen LogP contribution in [-0.2, 0) is 11.8 Å². The number of anilines is 2. The lowest BCUT2D eigenvalue weighted by atomic mass is 10.2. The molecular weight excluding hydrogens is 370 g/mol. The number of benzene rings is 1. The van der Waals surface area contributed by atoms with Gasteiger partial charge < -0.3 is 24.8 Å². The van der Waals surface area contributed by atoms with Gasteiger partial charge in [0.1, 0.15) is 5.69 Å². The van der Waals surface area contributed by atoms with E-state index in [2.05, 4.69) is 27.1 Å². The van der Waals surface area contributed by atoms with Gasteiger partial charge in [-0.25, -0.2) is 0 Å². The summed E-state index contributed by atoms with van der Waals surface area (Å²) in [6.07, 6.45) is 0. The molecule has 0 unspecified atom stereocenters. The normalized spacial score (nSPS) is 16.4. The van der Waals surface area contributed by atoms with Gasteiger partial charge in [-0.1, -0.05) is 18.7 Å². The van der Waals surface area contributed by atoms with Crippen molar-refractivity contribution < 1.29 is 9.53 Å². The summed E-state index contributed by atoms with van der Waals surface area (Å²) < 4.78 is 8.08. The Hall–Kier alpha value is -3.33. The van der Waals surface area contributed by atoms with Crippen molar-refractivity contribution in [2.45, 2.75) is 6.92 Å². The standard InChI is InChI=1S/C20H25N7O2/c1-13-17-18(23-19(26(17)4)27-11-9-21-10-12-27)24-20(25(13)3)29-16-8-6-5-7-15(16)22-14(2)28/h5-8,21H,1,9-12H2,2-4H3,(H,22,28). The molecule has 0 radical (unpaired) electrons. The highest BCUT2D eigenvalue weighted by molar-refractivity contribution is 5.95. The third kappa shape index (κ3) is 3.56. The molecule has 1 aromatic carbocycles. The van der Waals surface area contributed by atoms with Gasteiger partial charge in [0.15, 0.2) is 11.6 Å². The minimum Gasteiger partial charge on any atom is -0.423 e. The predicted octanol–water partition coefficient (Wildman–Crippen LogP) is 1.77. The Bertz CT molecular complexity index is 989. The zero-order chi connectivity index (χ0) is 20.5. The second-order valence-corrected chi connectivity index (χ2v) is 7.06. The fourth-order valence-electron chi connectivity index (χ4n) is 3.50. The second-order valence-electron chi connectivity index (χ2n) is 7.06. The molecule has 0 bridgehead atoms. The van der Waals surface area contributed by atoms with Gasteiger partial charge in [-0.05, 0) is 12.1 Å². The minimum atomic E-state index is -0.169. The number of amidine groups is 1. The molecule has 9 nitrogen and oxygen atoms in total. The van der Waals surface area contributed by atoms with Crippen molar-refractivity contribution in [2.75, 3.05) is 43.4 Å². The van der Waals surface area contributed by atoms with E-state index in [-0.39, 0.29) is 5.91 Å². The molecule has 9 heteroatoms. The van der Waals surface area contributed by atoms with Crippen LogP contribution in [0.2, 0.25) is 0 Å². The molecule has 2 aliphatic rings. The number of para-hydroxylation sites is 2. The van der Waals surface area contributed by atoms with E-state index in [1.165, 1.54) is 6.92 Å². The minimum absolute atomic E-state index is 0.169. The fraction of sp³-hybridized carbons (Fsp3) is 0.350. The summed E-state index contributed by atoms with van der Waals surface area (Å²) in [5.41, 5.74) is 2.19. The number of piperazine rings is 1. The van der Waals surface area contributed by atoms with E-state index in [0.29, 0.717) is 23.3 Å². The number of fused-ring (bicyclic) bond motifs is 1. The molecule has 152 valence electrons. The van der Waals surface area contributed by atoms with Crippen molar-refractivity contribution in [1.29, 1.82) is 0 Å². The Morgan fingerprint density at radius 2 is 1.97 bits per heavy atom. The average molecular weight is 395 g/mol. The topological polar surface area (TPSA) is 87.0 Å². The van der Waals surface area contributed by atoms with Crippen LogP contribution in [0.15, 0.2) is 35.8 Å². The van der Waals surface area contributed by atoms with Crippen molar-refractivity contribution in [2.24, 2.45) is 12.0 Å². The van der Waals surface area contributed by atoms with Crippen LogP contribution >= 0.6 is 0 Å². The summed E-state index contributed by atoms with van der Waals surface area (Å²) in [6.45, 7) is 9.32. The third-order valence-corrected chi connectivity index (χ3v) is 5.02. The molecular formula is C20H25N7O2. The molecule has 1 amide bonds. The first kappa shape index (κ1) is 19.0. The maximum Gasteiger partial charge on any atom is 0.304 e. The molecule has 2 N–H and O–H groups in total. The maximum atomic E-state index is 11.5. The van der Waals surface area contributed by atoms with Crippen molar-refractivity contribution >= 4 is 35.1 Å². The van der Waals surface area contributed by atoms with E-state index in [9.17, 15) is 4.79 Å². The van der Waals surface area contributed by atoms with E-state index in [1.54, 1.807) is 17.0 Å². The van der Waals surface area contributed by atoms with Gasteiger partial charge in [0, 0.05) is 47.2 Å². The van der Waals surface area contributed by atoms with Crippen LogP contribution in [0.25, 0.3) is 5.70 Å². The summed E-state index contributed by atoms with van der Waals surface area (Å²) in [5.74, 6) is 1.78. The number of aliphatic imine (C=N–C) groups is 1. The summed E-state index contributed by atoms with van der Waals surface area (Å²) >= 11 is 0. The highest BCUT2D eigenvalue weighted by Crippen LogP contribution is 2.36. The lowest BCUT2D eigenvalue weighted by Gasteiger charge is -2.29. The van der Waals surface area contributed by atoms with Gasteiger partial charge in [-0.15, -0.1) is 0 Å². The monoisotopic (exact) mass is 395 g/mol. The number of carbonyl (C=O) groups is 1. The van der Waals surface area contributed by atoms with E-state index in [1.807, 2.05) is 30.8 Å². The van der Waals surface area contributed by atoms with Gasteiger partial charge in [0.05, 0.1) is 11.4 Å². The van der Waals surface area contributed by atoms with Crippen LogP contribution in [0.5, 0.6) is 5.75 Å². The largest absolute Gasteiger partial charge is 0.423 e. The number of nitrogens with one attached hydrogen (secondary N) is 2. The number of rotatable bonds is 3. The van der Waals surface area contributed by atoms with E-state index < -0.39 is 0 Å². The van der Waals surface area contributed by atoms with E-state index >= 15 is 0 Å². The lowest BCUT2D eigenvalue weighted by Crippen LogP contribution is -2.44. The van der Waals surface area contributed by atoms with Crippen LogP contribution in [0.4, 0.5) is 17.5 Å². The number of carbonyl (C=O) groups excluding carboxylic acids is 1. The van der Waals surface area contributed by atoms with Gasteiger partial charge in [-0.2, -0.15) is 9.98 Å². The molecule has 0 aliphatic carbocycles. The first-order chi connectivity index (χ1) is 14.0. The fourth-order valence-corrected chi connectivity index (χ4v) is 3.50. The van der Waals surface area contributed by atoms with E-state index in [0.717, 1.165) is 43.5 Å². The number of imidazole rings is 1. The Kier molecular flexibility index (Phi) is 4.98. The molecule has 4 rings (SSSR count). The van der Waals surface area contributed by atoms with Gasteiger partial charge >= 0.3 is 6.02 Å². The molecule has 2 aliphatic heterocycles. The summed E-state index contributed by atoms with van der Waals surface area (Å²) in [4.78, 5) is 24.9. The van der Waals surface area contributed by atoms with Crippen molar-refractivity contribution in [1.82, 2.24) is 19.8 Å². The first-order valence-electron chi connectivity index (χ1n) is 9.54. The number of hydrogen-bond acceptors (Lipinski definition) is 7. The zero-order valence-electron chi connectivity index (χ0n) is 16.9. The molecule has 0 atom stereocenters. The van der Waals surface area contributed by atoms with Crippen LogP contribution in [0.1, 0.15) is 12.6 Å². The number of ether oxygens (including phenoxy) is 1. The number of aromatic nitrogens is 2. The first-order valence-corrected chi connectivity index (χ1v) is 9.54. The summed E-state index contributed by atoms with van der Waals surface area (Å²) in [6, 6.07) is 7.59. The second kappa shape index (κ2) is 7.59. The molecule has 0 saturated carbocycles. The van der Waals surface area contributed by atoms with Crippen LogP contribution in [0, 0.1) is 0 Å². The quantitative estimate of drug-likeness (QED) is 0.824.